The summed E-state index contributed by atoms with van der Waals surface area (Å²) in [6.07, 6.45) is 1.19. The maximum Gasteiger partial charge on any atom is 0.0353 e. The van der Waals surface area contributed by atoms with Gasteiger partial charge in [0.05, 0.1) is 0 Å². The Hall–Kier alpha value is -0.500. The second kappa shape index (κ2) is 2.87. The topological polar surface area (TPSA) is 24.1 Å². The van der Waals surface area contributed by atoms with Gasteiger partial charge in [-0.25, -0.2) is 0 Å². The largest absolute Gasteiger partial charge is 0.390 e. The van der Waals surface area contributed by atoms with Crippen LogP contribution in [0.1, 0.15) is 13.3 Å². The molecule has 52 valence electrons. The lowest BCUT2D eigenvalue weighted by Crippen LogP contribution is -2.29. The molecule has 1 heterocycles. The fourth-order valence-electron chi connectivity index (χ4n) is 1.09. The second-order valence-electron chi connectivity index (χ2n) is 2.44. The van der Waals surface area contributed by atoms with Crippen molar-refractivity contribution in [2.75, 3.05) is 20.1 Å². The molecule has 0 spiro atoms. The monoisotopic (exact) mass is 126 g/mol. The first-order chi connectivity index (χ1) is 4.34. The van der Waals surface area contributed by atoms with E-state index in [1.807, 2.05) is 7.05 Å². The first-order valence-electron chi connectivity index (χ1n) is 3.41. The molecule has 0 unspecified atom stereocenters. The summed E-state index contributed by atoms with van der Waals surface area (Å²) in [7, 11) is 1.98. The molecule has 0 bridgehead atoms. The standard InChI is InChI=1S/C7H14N2/c1-6-3-4-9-5-7(6)8-2/h8-9H,3-5H2,1-2H3. The zero-order valence-electron chi connectivity index (χ0n) is 6.12. The third-order valence-electron chi connectivity index (χ3n) is 1.80. The van der Waals surface area contributed by atoms with Crippen LogP contribution in [0, 0.1) is 0 Å². The molecule has 0 aliphatic carbocycles. The van der Waals surface area contributed by atoms with Crippen LogP contribution >= 0.6 is 0 Å². The number of hydrogen-bond donors (Lipinski definition) is 2. The van der Waals surface area contributed by atoms with Crippen LogP contribution in [0.25, 0.3) is 0 Å². The molecule has 0 aromatic heterocycles. The predicted octanol–water partition coefficient (Wildman–Crippen LogP) is 0.473. The molecule has 2 heteroatoms. The molecule has 1 aliphatic rings. The van der Waals surface area contributed by atoms with Crippen LogP contribution in [0.2, 0.25) is 0 Å². The molecule has 0 saturated carbocycles. The molecule has 0 aromatic rings. The minimum absolute atomic E-state index is 1.02. The third-order valence-corrected chi connectivity index (χ3v) is 1.80. The van der Waals surface area contributed by atoms with Crippen LogP contribution in [0.15, 0.2) is 11.3 Å². The summed E-state index contributed by atoms with van der Waals surface area (Å²) >= 11 is 0. The smallest absolute Gasteiger partial charge is 0.0353 e. The molecule has 2 N–H and O–H groups in total. The van der Waals surface area contributed by atoms with Gasteiger partial charge in [-0.05, 0) is 19.9 Å². The van der Waals surface area contributed by atoms with Crippen molar-refractivity contribution in [3.05, 3.63) is 11.3 Å². The summed E-state index contributed by atoms with van der Waals surface area (Å²) in [6, 6.07) is 0. The molecule has 1 rings (SSSR count). The summed E-state index contributed by atoms with van der Waals surface area (Å²) in [4.78, 5) is 0. The molecule has 0 atom stereocenters. The maximum absolute atomic E-state index is 3.30. The summed E-state index contributed by atoms with van der Waals surface area (Å²) in [6.45, 7) is 4.34. The molecular weight excluding hydrogens is 112 g/mol. The molecule has 0 saturated heterocycles. The average molecular weight is 126 g/mol. The van der Waals surface area contributed by atoms with Crippen LogP contribution in [-0.2, 0) is 0 Å². The quantitative estimate of drug-likeness (QED) is 0.534. The van der Waals surface area contributed by atoms with Crippen LogP contribution in [0.5, 0.6) is 0 Å². The number of nitrogens with one attached hydrogen (secondary N) is 2. The Morgan fingerprint density at radius 1 is 1.56 bits per heavy atom. The fourth-order valence-corrected chi connectivity index (χ4v) is 1.09. The van der Waals surface area contributed by atoms with E-state index in [1.165, 1.54) is 17.7 Å². The Kier molecular flexibility index (Phi) is 2.11. The van der Waals surface area contributed by atoms with E-state index in [9.17, 15) is 0 Å². The lowest BCUT2D eigenvalue weighted by atomic mass is 10.1. The van der Waals surface area contributed by atoms with Gasteiger partial charge in [-0.15, -0.1) is 0 Å². The van der Waals surface area contributed by atoms with Gasteiger partial charge in [0.25, 0.3) is 0 Å². The molecule has 9 heavy (non-hydrogen) atoms. The highest BCUT2D eigenvalue weighted by Gasteiger charge is 2.04. The first-order valence-corrected chi connectivity index (χ1v) is 3.41. The SMILES string of the molecule is CNC1=C(C)CCNC1. The van der Waals surface area contributed by atoms with Gasteiger partial charge in [0, 0.05) is 19.3 Å². The highest BCUT2D eigenvalue weighted by atomic mass is 15.0. The van der Waals surface area contributed by atoms with Crippen molar-refractivity contribution in [2.45, 2.75) is 13.3 Å². The first kappa shape index (κ1) is 6.62. The van der Waals surface area contributed by atoms with Crippen molar-refractivity contribution >= 4 is 0 Å². The van der Waals surface area contributed by atoms with E-state index < -0.39 is 0 Å². The Bertz CT molecular complexity index is 127. The van der Waals surface area contributed by atoms with Crippen LogP contribution < -0.4 is 10.6 Å². The average Bonchev–Trinajstić information content (AvgIpc) is 1.89. The number of rotatable bonds is 1. The second-order valence-corrected chi connectivity index (χ2v) is 2.44. The van der Waals surface area contributed by atoms with E-state index in [0.717, 1.165) is 13.1 Å². The minimum Gasteiger partial charge on any atom is -0.390 e. The molecule has 2 nitrogen and oxygen atoms in total. The summed E-state index contributed by atoms with van der Waals surface area (Å²) in [5, 5.41) is 6.47. The predicted molar refractivity (Wildman–Crippen MR) is 39.2 cm³/mol. The van der Waals surface area contributed by atoms with E-state index in [-0.39, 0.29) is 0 Å². The highest BCUT2D eigenvalue weighted by Crippen LogP contribution is 2.07. The van der Waals surface area contributed by atoms with Gasteiger partial charge in [0.2, 0.25) is 0 Å². The van der Waals surface area contributed by atoms with Crippen molar-refractivity contribution in [1.29, 1.82) is 0 Å². The van der Waals surface area contributed by atoms with Crippen LogP contribution in [0.3, 0.4) is 0 Å². The van der Waals surface area contributed by atoms with Gasteiger partial charge in [-0.1, -0.05) is 5.57 Å². The van der Waals surface area contributed by atoms with Crippen LogP contribution in [0.4, 0.5) is 0 Å². The van der Waals surface area contributed by atoms with Gasteiger partial charge in [0.15, 0.2) is 0 Å². The lowest BCUT2D eigenvalue weighted by Gasteiger charge is -2.17. The maximum atomic E-state index is 3.30. The third kappa shape index (κ3) is 1.45. The molecule has 0 aromatic carbocycles. The Morgan fingerprint density at radius 3 is 2.78 bits per heavy atom. The Balaban J connectivity index is 2.59. The van der Waals surface area contributed by atoms with E-state index in [4.69, 9.17) is 0 Å². The van der Waals surface area contributed by atoms with Gasteiger partial charge < -0.3 is 10.6 Å². The summed E-state index contributed by atoms with van der Waals surface area (Å²) in [5.74, 6) is 0. The normalized spacial score (nSPS) is 20.2. The van der Waals surface area contributed by atoms with E-state index in [0.29, 0.717) is 0 Å². The summed E-state index contributed by atoms with van der Waals surface area (Å²) in [5.41, 5.74) is 2.86. The van der Waals surface area contributed by atoms with Gasteiger partial charge in [-0.3, -0.25) is 0 Å². The van der Waals surface area contributed by atoms with Crippen molar-refractivity contribution in [2.24, 2.45) is 0 Å². The molecule has 0 amide bonds. The molecule has 0 fully saturated rings. The summed E-state index contributed by atoms with van der Waals surface area (Å²) < 4.78 is 0. The minimum atomic E-state index is 1.02. The van der Waals surface area contributed by atoms with Crippen molar-refractivity contribution in [1.82, 2.24) is 10.6 Å². The molecule has 0 radical (unpaired) electrons. The van der Waals surface area contributed by atoms with Crippen molar-refractivity contribution in [3.63, 3.8) is 0 Å². The Morgan fingerprint density at radius 2 is 2.33 bits per heavy atom. The lowest BCUT2D eigenvalue weighted by molar-refractivity contribution is 0.646. The van der Waals surface area contributed by atoms with Gasteiger partial charge in [0.1, 0.15) is 0 Å². The highest BCUT2D eigenvalue weighted by molar-refractivity contribution is 5.14. The van der Waals surface area contributed by atoms with Crippen molar-refractivity contribution in [3.8, 4) is 0 Å². The zero-order chi connectivity index (χ0) is 6.69. The van der Waals surface area contributed by atoms with Gasteiger partial charge >= 0.3 is 0 Å². The zero-order valence-corrected chi connectivity index (χ0v) is 6.12. The van der Waals surface area contributed by atoms with E-state index in [2.05, 4.69) is 17.6 Å². The number of hydrogen-bond acceptors (Lipinski definition) is 2. The number of likely N-dealkylation sites (N-methyl/N-ethyl adjacent to an activating group) is 1. The molecular formula is C7H14N2. The fraction of sp³-hybridized carbons (Fsp3) is 0.714. The molecule has 1 aliphatic heterocycles. The van der Waals surface area contributed by atoms with E-state index in [1.54, 1.807) is 0 Å². The van der Waals surface area contributed by atoms with E-state index >= 15 is 0 Å². The van der Waals surface area contributed by atoms with Gasteiger partial charge in [-0.2, -0.15) is 0 Å². The van der Waals surface area contributed by atoms with Crippen LogP contribution in [-0.4, -0.2) is 20.1 Å². The Labute approximate surface area is 56.3 Å². The van der Waals surface area contributed by atoms with Crippen molar-refractivity contribution < 1.29 is 0 Å².